The second-order valence-electron chi connectivity index (χ2n) is 0.250. The fraction of sp³-hybridized carbons (Fsp3) is 0. The van der Waals surface area contributed by atoms with Crippen molar-refractivity contribution in [3.05, 3.63) is 0 Å². The molecule has 0 amide bonds. The fourth-order valence-corrected chi connectivity index (χ4v) is 0. The molecule has 0 aliphatic heterocycles. The van der Waals surface area contributed by atoms with E-state index >= 15 is 0 Å². The molecule has 2 N–H and O–H groups in total. The summed E-state index contributed by atoms with van der Waals surface area (Å²) >= 11 is -4.48. The molecule has 0 aromatic carbocycles. The van der Waals surface area contributed by atoms with Crippen LogP contribution in [0.3, 0.4) is 0 Å². The molecule has 0 bridgehead atoms. The Balaban J connectivity index is 0. The Morgan fingerprint density at radius 1 is 1.00 bits per heavy atom. The number of hydrogen-bond acceptors (Lipinski definition) is 3. The molecule has 30 valence electrons. The van der Waals surface area contributed by atoms with E-state index in [9.17, 15) is 0 Å². The molecule has 0 atom stereocenters. The first-order valence-corrected chi connectivity index (χ1v) is 5.71. The van der Waals surface area contributed by atoms with Crippen LogP contribution >= 0.6 is 0 Å². The second-order valence-corrected chi connectivity index (χ2v) is 2.33. The van der Waals surface area contributed by atoms with Gasteiger partial charge in [0.1, 0.15) is 0 Å². The van der Waals surface area contributed by atoms with Gasteiger partial charge in [0.15, 0.2) is 0 Å². The Morgan fingerprint density at radius 3 is 1.00 bits per heavy atom. The quantitative estimate of drug-likeness (QED) is 0.565. The van der Waals surface area contributed by atoms with E-state index in [4.69, 9.17) is 6.71 Å². The zero-order chi connectivity index (χ0) is 3.58. The van der Waals surface area contributed by atoms with E-state index in [1.807, 2.05) is 0 Å². The molecule has 0 aromatic rings. The molecule has 0 aliphatic carbocycles. The van der Waals surface area contributed by atoms with E-state index in [1.54, 1.807) is 0 Å². The first kappa shape index (κ1) is 9.05. The maximum atomic E-state index is 8.64. The SMILES string of the molecule is O.[O]=[U](=[O])=[O]. The van der Waals surface area contributed by atoms with Gasteiger partial charge in [-0.25, -0.2) is 0 Å². The molecule has 0 aliphatic rings. The van der Waals surface area contributed by atoms with Crippen molar-refractivity contribution in [1.29, 1.82) is 0 Å². The summed E-state index contributed by atoms with van der Waals surface area (Å²) in [6.45, 7) is 0. The third kappa shape index (κ3) is 151. The summed E-state index contributed by atoms with van der Waals surface area (Å²) in [5.74, 6) is 0. The van der Waals surface area contributed by atoms with Crippen molar-refractivity contribution in [2.75, 3.05) is 0 Å². The van der Waals surface area contributed by atoms with Gasteiger partial charge >= 0.3 is 32.9 Å². The molecule has 0 fully saturated rings. The Kier molecular flexibility index (Phi) is 7.98. The van der Waals surface area contributed by atoms with E-state index in [-0.39, 0.29) is 5.48 Å². The Hall–Kier alpha value is 0.412. The van der Waals surface area contributed by atoms with Gasteiger partial charge in [-0.05, 0) is 0 Å². The fourth-order valence-electron chi connectivity index (χ4n) is 0. The van der Waals surface area contributed by atoms with Gasteiger partial charge in [-0.3, -0.25) is 0 Å². The van der Waals surface area contributed by atoms with Crippen molar-refractivity contribution < 1.29 is 38.4 Å². The standard InChI is InChI=1S/H2O.3O.U/h1H2;;;;. The number of hydrogen-bond donors (Lipinski definition) is 0. The van der Waals surface area contributed by atoms with Crippen LogP contribution < -0.4 is 0 Å². The van der Waals surface area contributed by atoms with Gasteiger partial charge in [0.2, 0.25) is 0 Å². The van der Waals surface area contributed by atoms with Crippen molar-refractivity contribution in [1.82, 2.24) is 0 Å². The van der Waals surface area contributed by atoms with Crippen LogP contribution in [-0.2, 0) is 6.71 Å². The van der Waals surface area contributed by atoms with Gasteiger partial charge in [0.05, 0.1) is 0 Å². The van der Waals surface area contributed by atoms with Crippen molar-refractivity contribution in [3.63, 3.8) is 0 Å². The van der Waals surface area contributed by atoms with Crippen molar-refractivity contribution in [2.45, 2.75) is 0 Å². The van der Waals surface area contributed by atoms with Crippen LogP contribution in [0.5, 0.6) is 0 Å². The van der Waals surface area contributed by atoms with E-state index in [1.165, 1.54) is 0 Å². The second kappa shape index (κ2) is 4.41. The first-order valence-electron chi connectivity index (χ1n) is 0.612. The Morgan fingerprint density at radius 2 is 1.00 bits per heavy atom. The molecule has 0 rings (SSSR count). The minimum atomic E-state index is -4.48. The predicted molar refractivity (Wildman–Crippen MR) is 5.67 cm³/mol. The van der Waals surface area contributed by atoms with E-state index < -0.39 is 26.2 Å². The van der Waals surface area contributed by atoms with E-state index in [2.05, 4.69) is 0 Å². The zero-order valence-electron chi connectivity index (χ0n) is 2.22. The molecule has 0 spiro atoms. The van der Waals surface area contributed by atoms with Crippen LogP contribution in [0, 0.1) is 26.2 Å². The molecule has 0 radical (unpaired) electrons. The molecule has 0 saturated heterocycles. The molecule has 0 unspecified atom stereocenters. The van der Waals surface area contributed by atoms with E-state index in [0.717, 1.165) is 0 Å². The van der Waals surface area contributed by atoms with Crippen molar-refractivity contribution >= 4 is 0 Å². The number of rotatable bonds is 0. The monoisotopic (exact) mass is 304 g/mol. The summed E-state index contributed by atoms with van der Waals surface area (Å²) in [7, 11) is 0. The van der Waals surface area contributed by atoms with Gasteiger partial charge in [0, 0.05) is 0 Å². The molecule has 0 heterocycles. The van der Waals surface area contributed by atoms with Crippen LogP contribution in [-0.4, -0.2) is 5.48 Å². The van der Waals surface area contributed by atoms with Gasteiger partial charge in [-0.15, -0.1) is 0 Å². The van der Waals surface area contributed by atoms with E-state index in [0.29, 0.717) is 0 Å². The predicted octanol–water partition coefficient (Wildman–Crippen LogP) is -1.18. The van der Waals surface area contributed by atoms with Crippen molar-refractivity contribution in [3.8, 4) is 0 Å². The minimum absolute atomic E-state index is 0. The summed E-state index contributed by atoms with van der Waals surface area (Å²) in [4.78, 5) is 0. The normalized spacial score (nSPS) is 4.80. The third-order valence-electron chi connectivity index (χ3n) is 0. The summed E-state index contributed by atoms with van der Waals surface area (Å²) < 4.78 is 25.9. The third-order valence-corrected chi connectivity index (χ3v) is 0. The van der Waals surface area contributed by atoms with Crippen LogP contribution in [0.4, 0.5) is 0 Å². The molecular formula is H2O4U. The first-order chi connectivity index (χ1) is 1.73. The summed E-state index contributed by atoms with van der Waals surface area (Å²) in [5.41, 5.74) is 0. The topological polar surface area (TPSA) is 82.7 Å². The summed E-state index contributed by atoms with van der Waals surface area (Å²) in [6.07, 6.45) is 0. The van der Waals surface area contributed by atoms with Crippen LogP contribution in [0.25, 0.3) is 0 Å². The van der Waals surface area contributed by atoms with Crippen molar-refractivity contribution in [2.24, 2.45) is 0 Å². The molecule has 5 heteroatoms. The molecular weight excluding hydrogens is 302 g/mol. The van der Waals surface area contributed by atoms with Crippen LogP contribution in [0.15, 0.2) is 0 Å². The summed E-state index contributed by atoms with van der Waals surface area (Å²) in [6, 6.07) is 0. The molecule has 5 heavy (non-hydrogen) atoms. The van der Waals surface area contributed by atoms with Crippen LogP contribution in [0.2, 0.25) is 0 Å². The van der Waals surface area contributed by atoms with Gasteiger partial charge in [-0.1, -0.05) is 0 Å². The zero-order valence-corrected chi connectivity index (χ0v) is 6.39. The van der Waals surface area contributed by atoms with Gasteiger partial charge in [-0.2, -0.15) is 0 Å². The summed E-state index contributed by atoms with van der Waals surface area (Å²) in [5, 5.41) is 0. The molecule has 0 aromatic heterocycles. The average Bonchev–Trinajstić information content (AvgIpc) is 0.811. The van der Waals surface area contributed by atoms with Crippen LogP contribution in [0.1, 0.15) is 0 Å². The maximum absolute atomic E-state index is 8.64. The molecule has 0 saturated carbocycles. The molecule has 4 nitrogen and oxygen atoms in total. The Bertz CT molecular complexity index is 73.0. The van der Waals surface area contributed by atoms with Gasteiger partial charge < -0.3 is 5.48 Å². The Labute approximate surface area is 38.5 Å². The average molecular weight is 304 g/mol. The van der Waals surface area contributed by atoms with Gasteiger partial charge in [0.25, 0.3) is 0 Å².